The van der Waals surface area contributed by atoms with Gasteiger partial charge in [-0.05, 0) is 41.5 Å². The first-order valence-corrected chi connectivity index (χ1v) is 12.7. The van der Waals surface area contributed by atoms with E-state index in [-0.39, 0.29) is 17.4 Å². The van der Waals surface area contributed by atoms with E-state index in [1.54, 1.807) is 48.5 Å². The number of benzene rings is 4. The molecule has 1 amide bonds. The predicted octanol–water partition coefficient (Wildman–Crippen LogP) is 4.95. The van der Waals surface area contributed by atoms with Gasteiger partial charge in [-0.15, -0.1) is 0 Å². The molecule has 4 aromatic rings. The second-order valence-corrected chi connectivity index (χ2v) is 10.0. The highest BCUT2D eigenvalue weighted by atomic mass is 32.2. The number of carbonyl (C=O) groups excluding carboxylic acids is 1. The summed E-state index contributed by atoms with van der Waals surface area (Å²) in [6.07, 6.45) is 0. The van der Waals surface area contributed by atoms with Gasteiger partial charge in [-0.1, -0.05) is 78.9 Å². The van der Waals surface area contributed by atoms with Crippen molar-refractivity contribution in [2.75, 3.05) is 10.9 Å². The molecule has 1 atom stereocenters. The zero-order chi connectivity index (χ0) is 24.3. The molecule has 0 saturated carbocycles. The maximum absolute atomic E-state index is 13.8. The highest BCUT2D eigenvalue weighted by Gasteiger charge is 2.38. The monoisotopic (exact) mass is 484 g/mol. The Hall–Kier alpha value is -4.10. The standard InChI is InChI=1S/C28H24N2O4S/c31-28(29-19-21-10-4-1-5-11-21)23-16-17-25-27(18-23)34-20-26(22-12-6-2-7-13-22)30(25)35(32,33)24-14-8-3-9-15-24/h1-18,26H,19-20H2,(H,29,31). The lowest BCUT2D eigenvalue weighted by Gasteiger charge is -2.38. The van der Waals surface area contributed by atoms with Crippen molar-refractivity contribution in [1.29, 1.82) is 0 Å². The molecule has 1 aliphatic rings. The van der Waals surface area contributed by atoms with Crippen LogP contribution in [0, 0.1) is 0 Å². The van der Waals surface area contributed by atoms with Gasteiger partial charge in [0.1, 0.15) is 18.4 Å². The summed E-state index contributed by atoms with van der Waals surface area (Å²) in [6.45, 7) is 0.514. The van der Waals surface area contributed by atoms with Crippen molar-refractivity contribution < 1.29 is 17.9 Å². The van der Waals surface area contributed by atoms with Gasteiger partial charge in [0.05, 0.1) is 10.6 Å². The molecule has 7 heteroatoms. The lowest BCUT2D eigenvalue weighted by Crippen LogP contribution is -2.41. The van der Waals surface area contributed by atoms with E-state index in [1.807, 2.05) is 60.7 Å². The maximum Gasteiger partial charge on any atom is 0.265 e. The van der Waals surface area contributed by atoms with Crippen LogP contribution < -0.4 is 14.4 Å². The van der Waals surface area contributed by atoms with Crippen LogP contribution in [0.25, 0.3) is 0 Å². The summed E-state index contributed by atoms with van der Waals surface area (Å²) in [5.74, 6) is 0.0898. The molecule has 1 N–H and O–H groups in total. The summed E-state index contributed by atoms with van der Waals surface area (Å²) in [7, 11) is -3.90. The quantitative estimate of drug-likeness (QED) is 0.420. The van der Waals surface area contributed by atoms with E-state index >= 15 is 0 Å². The normalized spacial score (nSPS) is 15.1. The first kappa shape index (κ1) is 22.7. The minimum absolute atomic E-state index is 0.123. The number of nitrogens with one attached hydrogen (secondary N) is 1. The highest BCUT2D eigenvalue weighted by molar-refractivity contribution is 7.92. The maximum atomic E-state index is 13.8. The van der Waals surface area contributed by atoms with Crippen LogP contribution in [-0.2, 0) is 16.6 Å². The van der Waals surface area contributed by atoms with Gasteiger partial charge in [0, 0.05) is 12.1 Å². The molecule has 0 radical (unpaired) electrons. The van der Waals surface area contributed by atoms with E-state index in [1.165, 1.54) is 4.31 Å². The van der Waals surface area contributed by atoms with E-state index in [2.05, 4.69) is 5.32 Å². The van der Waals surface area contributed by atoms with Crippen molar-refractivity contribution in [3.63, 3.8) is 0 Å². The number of rotatable bonds is 6. The molecule has 0 bridgehead atoms. The van der Waals surface area contributed by atoms with E-state index < -0.39 is 16.1 Å². The molecule has 35 heavy (non-hydrogen) atoms. The molecule has 1 heterocycles. The van der Waals surface area contributed by atoms with Crippen molar-refractivity contribution in [2.24, 2.45) is 0 Å². The van der Waals surface area contributed by atoms with Gasteiger partial charge in [0.25, 0.3) is 15.9 Å². The molecule has 0 fully saturated rings. The Bertz CT molecular complexity index is 1430. The molecular weight excluding hydrogens is 460 g/mol. The Morgan fingerprint density at radius 2 is 1.49 bits per heavy atom. The predicted molar refractivity (Wildman–Crippen MR) is 135 cm³/mol. The molecule has 176 valence electrons. The van der Waals surface area contributed by atoms with Crippen LogP contribution in [0.5, 0.6) is 5.75 Å². The minimum atomic E-state index is -3.90. The number of sulfonamides is 1. The number of hydrogen-bond donors (Lipinski definition) is 1. The lowest BCUT2D eigenvalue weighted by atomic mass is 10.0. The van der Waals surface area contributed by atoms with E-state index in [4.69, 9.17) is 4.74 Å². The third-order valence-corrected chi connectivity index (χ3v) is 7.76. The van der Waals surface area contributed by atoms with Gasteiger partial charge in [0.2, 0.25) is 0 Å². The summed E-state index contributed by atoms with van der Waals surface area (Å²) >= 11 is 0. The fraction of sp³-hybridized carbons (Fsp3) is 0.107. The van der Waals surface area contributed by atoms with E-state index in [0.717, 1.165) is 11.1 Å². The second-order valence-electron chi connectivity index (χ2n) is 8.20. The Balaban J connectivity index is 1.50. The SMILES string of the molecule is O=C(NCc1ccccc1)c1ccc2c(c1)OCC(c1ccccc1)N2S(=O)(=O)c1ccccc1. The number of amides is 1. The molecule has 5 rings (SSSR count). The number of ether oxygens (including phenoxy) is 1. The Kier molecular flexibility index (Phi) is 6.25. The minimum Gasteiger partial charge on any atom is -0.489 e. The fourth-order valence-corrected chi connectivity index (χ4v) is 5.80. The van der Waals surface area contributed by atoms with Gasteiger partial charge >= 0.3 is 0 Å². The Labute approximate surface area is 204 Å². The van der Waals surface area contributed by atoms with Gasteiger partial charge in [-0.2, -0.15) is 0 Å². The summed E-state index contributed by atoms with van der Waals surface area (Å²) in [5, 5.41) is 2.90. The van der Waals surface area contributed by atoms with Crippen molar-refractivity contribution in [2.45, 2.75) is 17.5 Å². The molecule has 1 unspecified atom stereocenters. The molecular formula is C28H24N2O4S. The molecule has 0 aliphatic carbocycles. The number of anilines is 1. The molecule has 0 saturated heterocycles. The third-order valence-electron chi connectivity index (χ3n) is 5.92. The van der Waals surface area contributed by atoms with Crippen LogP contribution in [-0.4, -0.2) is 20.9 Å². The van der Waals surface area contributed by atoms with Crippen LogP contribution in [0.4, 0.5) is 5.69 Å². The first-order valence-electron chi connectivity index (χ1n) is 11.3. The zero-order valence-corrected chi connectivity index (χ0v) is 19.7. The highest BCUT2D eigenvalue weighted by Crippen LogP contribution is 2.43. The average Bonchev–Trinajstić information content (AvgIpc) is 2.92. The van der Waals surface area contributed by atoms with Crippen molar-refractivity contribution in [3.05, 3.63) is 126 Å². The second kappa shape index (κ2) is 9.64. The topological polar surface area (TPSA) is 75.7 Å². The molecule has 6 nitrogen and oxygen atoms in total. The van der Waals surface area contributed by atoms with E-state index in [0.29, 0.717) is 23.5 Å². The summed E-state index contributed by atoms with van der Waals surface area (Å²) in [4.78, 5) is 13.0. The Morgan fingerprint density at radius 1 is 0.857 bits per heavy atom. The van der Waals surface area contributed by atoms with Crippen molar-refractivity contribution >= 4 is 21.6 Å². The number of carbonyl (C=O) groups is 1. The van der Waals surface area contributed by atoms with E-state index in [9.17, 15) is 13.2 Å². The Morgan fingerprint density at radius 3 is 2.17 bits per heavy atom. The van der Waals surface area contributed by atoms with Gasteiger partial charge in [-0.3, -0.25) is 9.10 Å². The third kappa shape index (κ3) is 4.63. The molecule has 0 aromatic heterocycles. The summed E-state index contributed by atoms with van der Waals surface area (Å²) < 4.78 is 35.0. The summed E-state index contributed by atoms with van der Waals surface area (Å²) in [6, 6.07) is 31.7. The molecule has 4 aromatic carbocycles. The zero-order valence-electron chi connectivity index (χ0n) is 18.9. The largest absolute Gasteiger partial charge is 0.489 e. The summed E-state index contributed by atoms with van der Waals surface area (Å²) in [5.41, 5.74) is 2.60. The van der Waals surface area contributed by atoms with Gasteiger partial charge in [-0.25, -0.2) is 8.42 Å². The van der Waals surface area contributed by atoms with Crippen LogP contribution in [0.3, 0.4) is 0 Å². The lowest BCUT2D eigenvalue weighted by molar-refractivity contribution is 0.0950. The van der Waals surface area contributed by atoms with Crippen LogP contribution >= 0.6 is 0 Å². The first-order chi connectivity index (χ1) is 17.0. The smallest absolute Gasteiger partial charge is 0.265 e. The van der Waals surface area contributed by atoms with Gasteiger partial charge < -0.3 is 10.1 Å². The average molecular weight is 485 g/mol. The molecule has 1 aliphatic heterocycles. The number of hydrogen-bond acceptors (Lipinski definition) is 4. The van der Waals surface area contributed by atoms with Gasteiger partial charge in [0.15, 0.2) is 0 Å². The fourth-order valence-electron chi connectivity index (χ4n) is 4.15. The van der Waals surface area contributed by atoms with Crippen LogP contribution in [0.15, 0.2) is 114 Å². The van der Waals surface area contributed by atoms with Crippen LogP contribution in [0.2, 0.25) is 0 Å². The number of nitrogens with zero attached hydrogens (tertiary/aromatic N) is 1. The van der Waals surface area contributed by atoms with Crippen molar-refractivity contribution in [3.8, 4) is 5.75 Å². The van der Waals surface area contributed by atoms with Crippen LogP contribution in [0.1, 0.15) is 27.5 Å². The molecule has 0 spiro atoms. The number of fused-ring (bicyclic) bond motifs is 1. The van der Waals surface area contributed by atoms with Crippen molar-refractivity contribution in [1.82, 2.24) is 5.32 Å².